The van der Waals surface area contributed by atoms with Gasteiger partial charge in [-0.2, -0.15) is 0 Å². The van der Waals surface area contributed by atoms with E-state index in [0.717, 1.165) is 30.8 Å². The lowest BCUT2D eigenvalue weighted by atomic mass is 10.2. The Bertz CT molecular complexity index is 715. The number of ether oxygens (including phenoxy) is 1. The van der Waals surface area contributed by atoms with Gasteiger partial charge < -0.3 is 14.6 Å². The molecule has 3 rings (SSSR count). The van der Waals surface area contributed by atoms with Crippen molar-refractivity contribution in [1.82, 2.24) is 9.88 Å². The molecule has 0 unspecified atom stereocenters. The molecule has 1 amide bonds. The molecule has 0 aromatic carbocycles. The Labute approximate surface area is 139 Å². The summed E-state index contributed by atoms with van der Waals surface area (Å²) in [6, 6.07) is 6.19. The molecule has 1 aliphatic rings. The van der Waals surface area contributed by atoms with E-state index in [1.165, 1.54) is 4.88 Å². The van der Waals surface area contributed by atoms with E-state index >= 15 is 0 Å². The molecule has 2 heterocycles. The van der Waals surface area contributed by atoms with Crippen LogP contribution in [0.15, 0.2) is 23.6 Å². The SMILES string of the molecule is Cc1cc(C(=O)OCC(=O)NC2CC2)c(C)n1Cc1cccs1. The fourth-order valence-electron chi connectivity index (χ4n) is 2.52. The number of carbonyl (C=O) groups is 2. The Morgan fingerprint density at radius 3 is 2.83 bits per heavy atom. The average Bonchev–Trinajstić information content (AvgIpc) is 3.09. The van der Waals surface area contributed by atoms with Crippen molar-refractivity contribution in [2.75, 3.05) is 6.61 Å². The van der Waals surface area contributed by atoms with Gasteiger partial charge in [-0.15, -0.1) is 11.3 Å². The molecule has 0 bridgehead atoms. The summed E-state index contributed by atoms with van der Waals surface area (Å²) in [6.45, 7) is 4.40. The normalized spacial score (nSPS) is 13.8. The Hall–Kier alpha value is -2.08. The summed E-state index contributed by atoms with van der Waals surface area (Å²) in [5.74, 6) is -0.672. The first-order valence-corrected chi connectivity index (χ1v) is 8.58. The van der Waals surface area contributed by atoms with Crippen LogP contribution >= 0.6 is 11.3 Å². The molecule has 0 atom stereocenters. The highest BCUT2D eigenvalue weighted by Gasteiger charge is 2.24. The van der Waals surface area contributed by atoms with E-state index in [4.69, 9.17) is 4.74 Å². The van der Waals surface area contributed by atoms with Crippen molar-refractivity contribution in [3.8, 4) is 0 Å². The van der Waals surface area contributed by atoms with Gasteiger partial charge in [0.2, 0.25) is 0 Å². The molecule has 1 fully saturated rings. The Balaban J connectivity index is 1.64. The van der Waals surface area contributed by atoms with E-state index in [2.05, 4.69) is 16.0 Å². The summed E-state index contributed by atoms with van der Waals surface area (Å²) in [7, 11) is 0. The van der Waals surface area contributed by atoms with Crippen LogP contribution < -0.4 is 5.32 Å². The van der Waals surface area contributed by atoms with Crippen molar-refractivity contribution in [3.63, 3.8) is 0 Å². The molecule has 122 valence electrons. The second kappa shape index (κ2) is 6.58. The van der Waals surface area contributed by atoms with Crippen molar-refractivity contribution in [1.29, 1.82) is 0 Å². The number of thiophene rings is 1. The van der Waals surface area contributed by atoms with Crippen molar-refractivity contribution >= 4 is 23.2 Å². The summed E-state index contributed by atoms with van der Waals surface area (Å²) in [5, 5.41) is 4.84. The minimum Gasteiger partial charge on any atom is -0.452 e. The van der Waals surface area contributed by atoms with Gasteiger partial charge in [-0.25, -0.2) is 4.79 Å². The maximum absolute atomic E-state index is 12.2. The number of amides is 1. The smallest absolute Gasteiger partial charge is 0.340 e. The number of hydrogen-bond acceptors (Lipinski definition) is 4. The molecule has 6 heteroatoms. The number of aryl methyl sites for hydroxylation is 1. The van der Waals surface area contributed by atoms with Crippen LogP contribution in [-0.4, -0.2) is 29.1 Å². The van der Waals surface area contributed by atoms with Gasteiger partial charge in [0.05, 0.1) is 12.1 Å². The second-order valence-corrected chi connectivity index (χ2v) is 6.90. The first kappa shape index (κ1) is 15.8. The predicted molar refractivity (Wildman–Crippen MR) is 88.8 cm³/mol. The standard InChI is InChI=1S/C17H20N2O3S/c1-11-8-15(12(2)19(11)9-14-4-3-7-23-14)17(21)22-10-16(20)18-13-5-6-13/h3-4,7-8,13H,5-6,9-10H2,1-2H3,(H,18,20). The topological polar surface area (TPSA) is 60.3 Å². The molecule has 5 nitrogen and oxygen atoms in total. The molecule has 23 heavy (non-hydrogen) atoms. The number of nitrogens with zero attached hydrogens (tertiary/aromatic N) is 1. The van der Waals surface area contributed by atoms with Gasteiger partial charge in [0.1, 0.15) is 0 Å². The zero-order valence-corrected chi connectivity index (χ0v) is 14.1. The first-order valence-electron chi connectivity index (χ1n) is 7.70. The molecule has 1 N–H and O–H groups in total. The van der Waals surface area contributed by atoms with E-state index in [-0.39, 0.29) is 18.6 Å². The molecule has 0 spiro atoms. The van der Waals surface area contributed by atoms with Crippen LogP contribution in [0, 0.1) is 13.8 Å². The zero-order valence-electron chi connectivity index (χ0n) is 13.3. The highest BCUT2D eigenvalue weighted by Crippen LogP contribution is 2.20. The maximum Gasteiger partial charge on any atom is 0.340 e. The molecule has 0 radical (unpaired) electrons. The summed E-state index contributed by atoms with van der Waals surface area (Å²) in [5.41, 5.74) is 2.40. The molecular formula is C17H20N2O3S. The van der Waals surface area contributed by atoms with E-state index in [9.17, 15) is 9.59 Å². The van der Waals surface area contributed by atoms with Gasteiger partial charge >= 0.3 is 5.97 Å². The van der Waals surface area contributed by atoms with E-state index in [0.29, 0.717) is 5.56 Å². The van der Waals surface area contributed by atoms with Crippen LogP contribution in [0.3, 0.4) is 0 Å². The number of carbonyl (C=O) groups excluding carboxylic acids is 2. The van der Waals surface area contributed by atoms with Gasteiger partial charge in [-0.05, 0) is 44.2 Å². The Kier molecular flexibility index (Phi) is 4.52. The van der Waals surface area contributed by atoms with Crippen LogP contribution in [0.2, 0.25) is 0 Å². The van der Waals surface area contributed by atoms with Crippen molar-refractivity contribution in [2.45, 2.75) is 39.3 Å². The van der Waals surface area contributed by atoms with E-state index < -0.39 is 5.97 Å². The van der Waals surface area contributed by atoms with Gasteiger partial charge in [0, 0.05) is 22.3 Å². The maximum atomic E-state index is 12.2. The lowest BCUT2D eigenvalue weighted by Gasteiger charge is -2.08. The Morgan fingerprint density at radius 2 is 2.17 bits per heavy atom. The predicted octanol–water partition coefficient (Wildman–Crippen LogP) is 2.65. The molecule has 2 aromatic heterocycles. The minimum atomic E-state index is -0.443. The molecule has 1 aliphatic carbocycles. The lowest BCUT2D eigenvalue weighted by Crippen LogP contribution is -2.30. The molecule has 0 saturated heterocycles. The fraction of sp³-hybridized carbons (Fsp3) is 0.412. The second-order valence-electron chi connectivity index (χ2n) is 5.87. The molecule has 1 saturated carbocycles. The van der Waals surface area contributed by atoms with Gasteiger partial charge in [0.15, 0.2) is 6.61 Å². The monoisotopic (exact) mass is 332 g/mol. The van der Waals surface area contributed by atoms with Crippen LogP contribution in [-0.2, 0) is 16.1 Å². The summed E-state index contributed by atoms with van der Waals surface area (Å²) in [4.78, 5) is 25.1. The Morgan fingerprint density at radius 1 is 1.39 bits per heavy atom. The molecule has 0 aliphatic heterocycles. The van der Waals surface area contributed by atoms with Crippen LogP contribution in [0.4, 0.5) is 0 Å². The number of esters is 1. The average molecular weight is 332 g/mol. The first-order chi connectivity index (χ1) is 11.0. The van der Waals surface area contributed by atoms with E-state index in [1.807, 2.05) is 31.4 Å². The quantitative estimate of drug-likeness (QED) is 0.827. The van der Waals surface area contributed by atoms with Crippen molar-refractivity contribution in [2.24, 2.45) is 0 Å². The molecular weight excluding hydrogens is 312 g/mol. The third-order valence-electron chi connectivity index (χ3n) is 3.96. The number of nitrogens with one attached hydrogen (secondary N) is 1. The highest BCUT2D eigenvalue weighted by atomic mass is 32.1. The third kappa shape index (κ3) is 3.82. The number of aromatic nitrogens is 1. The van der Waals surface area contributed by atoms with Gasteiger partial charge in [-0.3, -0.25) is 4.79 Å². The largest absolute Gasteiger partial charge is 0.452 e. The summed E-state index contributed by atoms with van der Waals surface area (Å²) in [6.07, 6.45) is 2.03. The van der Waals surface area contributed by atoms with Crippen molar-refractivity contribution < 1.29 is 14.3 Å². The van der Waals surface area contributed by atoms with Gasteiger partial charge in [0.25, 0.3) is 5.91 Å². The number of rotatable bonds is 6. The van der Waals surface area contributed by atoms with Gasteiger partial charge in [-0.1, -0.05) is 6.07 Å². The summed E-state index contributed by atoms with van der Waals surface area (Å²) < 4.78 is 7.23. The molecule has 2 aromatic rings. The van der Waals surface area contributed by atoms with Crippen LogP contribution in [0.5, 0.6) is 0 Å². The highest BCUT2D eigenvalue weighted by molar-refractivity contribution is 7.09. The fourth-order valence-corrected chi connectivity index (χ4v) is 3.21. The lowest BCUT2D eigenvalue weighted by molar-refractivity contribution is -0.124. The van der Waals surface area contributed by atoms with Crippen LogP contribution in [0.1, 0.15) is 39.5 Å². The zero-order chi connectivity index (χ0) is 16.4. The van der Waals surface area contributed by atoms with E-state index in [1.54, 1.807) is 11.3 Å². The third-order valence-corrected chi connectivity index (χ3v) is 4.83. The van der Waals surface area contributed by atoms with Crippen molar-refractivity contribution in [3.05, 3.63) is 45.4 Å². The minimum absolute atomic E-state index is 0.218. The summed E-state index contributed by atoms with van der Waals surface area (Å²) >= 11 is 1.69. The van der Waals surface area contributed by atoms with Crippen LogP contribution in [0.25, 0.3) is 0 Å². The number of hydrogen-bond donors (Lipinski definition) is 1.